The first kappa shape index (κ1) is 11.9. The van der Waals surface area contributed by atoms with Crippen LogP contribution in [0.5, 0.6) is 0 Å². The molecule has 0 aliphatic heterocycles. The number of amides is 2. The first-order valence-corrected chi connectivity index (χ1v) is 4.64. The molecule has 0 atom stereocenters. The number of nitrogens with zero attached hydrogens (tertiary/aromatic N) is 1. The topological polar surface area (TPSA) is 61.2 Å². The van der Waals surface area contributed by atoms with Crippen LogP contribution in [0.15, 0.2) is 0 Å². The van der Waals surface area contributed by atoms with E-state index in [1.54, 1.807) is 0 Å². The third kappa shape index (κ3) is 5.22. The van der Waals surface area contributed by atoms with Gasteiger partial charge in [0.2, 0.25) is 5.91 Å². The van der Waals surface area contributed by atoms with Gasteiger partial charge < -0.3 is 4.90 Å². The summed E-state index contributed by atoms with van der Waals surface area (Å²) in [5.74, 6) is -0.725. The molecule has 0 bridgehead atoms. The molecular weight excluding hydrogens is 168 g/mol. The summed E-state index contributed by atoms with van der Waals surface area (Å²) in [5.41, 5.74) is 6.75. The fourth-order valence-electron chi connectivity index (χ4n) is 1.04. The summed E-state index contributed by atoms with van der Waals surface area (Å²) in [5, 5.41) is 0. The van der Waals surface area contributed by atoms with E-state index in [0.717, 1.165) is 12.8 Å². The lowest BCUT2D eigenvalue weighted by atomic mass is 10.2. The van der Waals surface area contributed by atoms with Crippen LogP contribution in [0.25, 0.3) is 0 Å². The number of carbonyl (C=O) groups excluding carboxylic acids is 2. The van der Waals surface area contributed by atoms with Gasteiger partial charge in [-0.1, -0.05) is 13.3 Å². The van der Waals surface area contributed by atoms with Crippen LogP contribution in [-0.4, -0.2) is 29.8 Å². The first-order chi connectivity index (χ1) is 6.11. The van der Waals surface area contributed by atoms with E-state index in [1.807, 2.05) is 13.8 Å². The highest BCUT2D eigenvalue weighted by atomic mass is 16.2. The number of hydrogen-bond acceptors (Lipinski definition) is 2. The third-order valence-electron chi connectivity index (χ3n) is 1.81. The molecular formula is C9H17N2O2. The Hall–Kier alpha value is -1.06. The van der Waals surface area contributed by atoms with Crippen LogP contribution in [0.1, 0.15) is 33.1 Å². The first-order valence-electron chi connectivity index (χ1n) is 4.64. The number of unbranched alkanes of at least 4 members (excludes halogenated alkanes) is 1. The molecule has 0 spiro atoms. The summed E-state index contributed by atoms with van der Waals surface area (Å²) in [6, 6.07) is 0. The molecule has 0 aliphatic carbocycles. The van der Waals surface area contributed by atoms with Gasteiger partial charge in [0, 0.05) is 13.0 Å². The summed E-state index contributed by atoms with van der Waals surface area (Å²) in [7, 11) is 0. The lowest BCUT2D eigenvalue weighted by Crippen LogP contribution is -2.35. The van der Waals surface area contributed by atoms with Crippen molar-refractivity contribution < 1.29 is 9.59 Å². The Labute approximate surface area is 79.1 Å². The smallest absolute Gasteiger partial charge is 0.257 e. The molecule has 1 N–H and O–H groups in total. The number of nitrogens with one attached hydrogen (secondary N) is 1. The number of rotatable bonds is 6. The minimum absolute atomic E-state index is 0.0232. The summed E-state index contributed by atoms with van der Waals surface area (Å²) < 4.78 is 0. The minimum atomic E-state index is -0.702. The average molecular weight is 185 g/mol. The highest BCUT2D eigenvalue weighted by Gasteiger charge is 2.12. The molecule has 0 heterocycles. The van der Waals surface area contributed by atoms with Crippen molar-refractivity contribution in [2.24, 2.45) is 0 Å². The molecule has 0 unspecified atom stereocenters. The zero-order chi connectivity index (χ0) is 10.3. The van der Waals surface area contributed by atoms with Crippen molar-refractivity contribution in [2.45, 2.75) is 33.1 Å². The van der Waals surface area contributed by atoms with E-state index >= 15 is 0 Å². The Kier molecular flexibility index (Phi) is 5.93. The predicted molar refractivity (Wildman–Crippen MR) is 49.9 cm³/mol. The van der Waals surface area contributed by atoms with Gasteiger partial charge in [-0.2, -0.15) is 0 Å². The Bertz CT molecular complexity index is 180. The zero-order valence-electron chi connectivity index (χ0n) is 8.30. The van der Waals surface area contributed by atoms with Crippen molar-refractivity contribution in [2.75, 3.05) is 13.1 Å². The van der Waals surface area contributed by atoms with Gasteiger partial charge >= 0.3 is 0 Å². The quantitative estimate of drug-likeness (QED) is 0.615. The molecule has 13 heavy (non-hydrogen) atoms. The van der Waals surface area contributed by atoms with Crippen molar-refractivity contribution in [3.05, 3.63) is 0 Å². The molecule has 0 aromatic carbocycles. The molecule has 4 nitrogen and oxygen atoms in total. The molecule has 0 saturated carbocycles. The monoisotopic (exact) mass is 185 g/mol. The summed E-state index contributed by atoms with van der Waals surface area (Å²) in [4.78, 5) is 23.2. The lowest BCUT2D eigenvalue weighted by molar-refractivity contribution is -0.135. The van der Waals surface area contributed by atoms with E-state index in [0.29, 0.717) is 13.0 Å². The lowest BCUT2D eigenvalue weighted by Gasteiger charge is -2.18. The number of hydrogen-bond donors (Lipinski definition) is 0. The maximum absolute atomic E-state index is 11.4. The van der Waals surface area contributed by atoms with Gasteiger partial charge in [-0.05, 0) is 13.3 Å². The van der Waals surface area contributed by atoms with E-state index in [1.165, 1.54) is 4.90 Å². The minimum Gasteiger partial charge on any atom is -0.334 e. The van der Waals surface area contributed by atoms with E-state index in [-0.39, 0.29) is 12.5 Å². The van der Waals surface area contributed by atoms with Crippen LogP contribution in [0.2, 0.25) is 0 Å². The normalized spacial score (nSPS) is 9.69. The molecule has 0 aliphatic rings. The molecule has 75 valence electrons. The van der Waals surface area contributed by atoms with E-state index in [9.17, 15) is 9.59 Å². The van der Waals surface area contributed by atoms with Crippen LogP contribution in [0.4, 0.5) is 0 Å². The van der Waals surface area contributed by atoms with Gasteiger partial charge in [-0.25, -0.2) is 0 Å². The van der Waals surface area contributed by atoms with Crippen LogP contribution in [0, 0.1) is 0 Å². The Morgan fingerprint density at radius 3 is 2.31 bits per heavy atom. The fourth-order valence-corrected chi connectivity index (χ4v) is 1.04. The average Bonchev–Trinajstić information content (AvgIpc) is 2.09. The molecule has 0 aromatic rings. The summed E-state index contributed by atoms with van der Waals surface area (Å²) >= 11 is 0. The van der Waals surface area contributed by atoms with E-state index in [4.69, 9.17) is 5.73 Å². The Morgan fingerprint density at radius 2 is 1.92 bits per heavy atom. The van der Waals surface area contributed by atoms with Crippen molar-refractivity contribution >= 4 is 11.8 Å². The van der Waals surface area contributed by atoms with Gasteiger partial charge in [-0.3, -0.25) is 15.3 Å². The summed E-state index contributed by atoms with van der Waals surface area (Å²) in [6.45, 7) is 4.26. The highest BCUT2D eigenvalue weighted by molar-refractivity contribution is 5.83. The second-order valence-electron chi connectivity index (χ2n) is 2.93. The van der Waals surface area contributed by atoms with Gasteiger partial charge in [0.15, 0.2) is 0 Å². The molecule has 4 heteroatoms. The van der Waals surface area contributed by atoms with Crippen LogP contribution in [0.3, 0.4) is 0 Å². The standard InChI is InChI=1S/C9H17N2O2/c1-3-5-6-9(13)11(4-2)7-8(10)12/h10H,3-7H2,1-2H3. The van der Waals surface area contributed by atoms with Crippen molar-refractivity contribution in [1.29, 1.82) is 0 Å². The third-order valence-corrected chi connectivity index (χ3v) is 1.81. The molecule has 1 radical (unpaired) electrons. The van der Waals surface area contributed by atoms with E-state index < -0.39 is 5.91 Å². The van der Waals surface area contributed by atoms with Crippen molar-refractivity contribution in [3.63, 3.8) is 0 Å². The van der Waals surface area contributed by atoms with Gasteiger partial charge in [0.1, 0.15) is 6.54 Å². The second-order valence-corrected chi connectivity index (χ2v) is 2.93. The molecule has 2 amide bonds. The molecule has 0 fully saturated rings. The van der Waals surface area contributed by atoms with Crippen LogP contribution >= 0.6 is 0 Å². The van der Waals surface area contributed by atoms with Crippen molar-refractivity contribution in [1.82, 2.24) is 10.6 Å². The molecule has 0 aromatic heterocycles. The molecule has 0 saturated heterocycles. The fraction of sp³-hybridized carbons (Fsp3) is 0.778. The predicted octanol–water partition coefficient (Wildman–Crippen LogP) is 0.835. The Balaban J connectivity index is 3.92. The largest absolute Gasteiger partial charge is 0.334 e. The maximum atomic E-state index is 11.4. The van der Waals surface area contributed by atoms with Gasteiger partial charge in [0.05, 0.1) is 0 Å². The number of likely N-dealkylation sites (N-methyl/N-ethyl adjacent to an activating group) is 1. The van der Waals surface area contributed by atoms with Crippen molar-refractivity contribution in [3.8, 4) is 0 Å². The zero-order valence-corrected chi connectivity index (χ0v) is 8.30. The number of carbonyl (C=O) groups is 2. The van der Waals surface area contributed by atoms with Gasteiger partial charge in [0.25, 0.3) is 5.91 Å². The Morgan fingerprint density at radius 1 is 1.31 bits per heavy atom. The second kappa shape index (κ2) is 6.46. The highest BCUT2D eigenvalue weighted by Crippen LogP contribution is 1.99. The van der Waals surface area contributed by atoms with Gasteiger partial charge in [-0.15, -0.1) is 0 Å². The van der Waals surface area contributed by atoms with Crippen LogP contribution in [-0.2, 0) is 9.59 Å². The SMILES string of the molecule is CCCCC(=O)N(CC)CC([NH])=O. The van der Waals surface area contributed by atoms with E-state index in [2.05, 4.69) is 0 Å². The van der Waals surface area contributed by atoms with Crippen LogP contribution < -0.4 is 5.73 Å². The summed E-state index contributed by atoms with van der Waals surface area (Å²) in [6.07, 6.45) is 2.30. The maximum Gasteiger partial charge on any atom is 0.257 e. The molecule has 0 rings (SSSR count).